The van der Waals surface area contributed by atoms with Gasteiger partial charge in [0.15, 0.2) is 0 Å². The van der Waals surface area contributed by atoms with Gasteiger partial charge in [0.1, 0.15) is 17.4 Å². The van der Waals surface area contributed by atoms with Crippen LogP contribution in [-0.4, -0.2) is 32.7 Å². The number of ether oxygens (including phenoxy) is 1. The molecular formula is C18H19ClF2N2O2. The van der Waals surface area contributed by atoms with E-state index in [9.17, 15) is 13.6 Å². The summed E-state index contributed by atoms with van der Waals surface area (Å²) in [5, 5.41) is 5.82. The van der Waals surface area contributed by atoms with Crippen LogP contribution in [-0.2, 0) is 0 Å². The molecule has 134 valence electrons. The van der Waals surface area contributed by atoms with E-state index in [1.807, 2.05) is 0 Å². The molecule has 0 aromatic heterocycles. The van der Waals surface area contributed by atoms with E-state index in [-0.39, 0.29) is 23.5 Å². The van der Waals surface area contributed by atoms with Crippen LogP contribution >= 0.6 is 12.4 Å². The van der Waals surface area contributed by atoms with Gasteiger partial charge in [0.2, 0.25) is 0 Å². The van der Waals surface area contributed by atoms with Crippen molar-refractivity contribution in [2.75, 3.05) is 26.7 Å². The summed E-state index contributed by atoms with van der Waals surface area (Å²) in [7, 11) is 1.45. The molecule has 1 heterocycles. The van der Waals surface area contributed by atoms with Crippen molar-refractivity contribution in [3.63, 3.8) is 0 Å². The Morgan fingerprint density at radius 1 is 1.20 bits per heavy atom. The van der Waals surface area contributed by atoms with Crippen LogP contribution in [0.25, 0.3) is 11.1 Å². The Kier molecular flexibility index (Phi) is 6.33. The Morgan fingerprint density at radius 3 is 2.52 bits per heavy atom. The van der Waals surface area contributed by atoms with Crippen molar-refractivity contribution in [3.05, 3.63) is 53.6 Å². The highest BCUT2D eigenvalue weighted by molar-refractivity contribution is 5.95. The van der Waals surface area contributed by atoms with Gasteiger partial charge in [-0.3, -0.25) is 4.79 Å². The molecule has 4 nitrogen and oxygen atoms in total. The maximum absolute atomic E-state index is 14.3. The summed E-state index contributed by atoms with van der Waals surface area (Å²) >= 11 is 0. The lowest BCUT2D eigenvalue weighted by Gasteiger charge is -2.27. The van der Waals surface area contributed by atoms with Crippen molar-refractivity contribution >= 4 is 18.3 Å². The number of carbonyl (C=O) groups is 1. The standard InChI is InChI=1S/C18H18F2N2O2.ClH/c1-24-13-3-5-14(17(20)7-13)12-2-4-15(16(19)6-12)18(23)22-10-11-8-21-9-11;/h2-7,11,21H,8-10H2,1H3,(H,22,23);1H. The first kappa shape index (κ1) is 19.1. The number of benzene rings is 2. The Balaban J connectivity index is 0.00000225. The van der Waals surface area contributed by atoms with Crippen molar-refractivity contribution in [3.8, 4) is 16.9 Å². The number of methoxy groups -OCH3 is 1. The summed E-state index contributed by atoms with van der Waals surface area (Å²) in [5.41, 5.74) is 0.578. The average molecular weight is 369 g/mol. The molecule has 0 radical (unpaired) electrons. The fourth-order valence-electron chi connectivity index (χ4n) is 2.55. The molecule has 3 rings (SSSR count). The molecule has 2 aromatic rings. The molecule has 0 spiro atoms. The SMILES string of the molecule is COc1ccc(-c2ccc(C(=O)NCC3CNC3)c(F)c2)c(F)c1.Cl. The molecule has 1 aliphatic rings. The third-order valence-electron chi connectivity index (χ3n) is 4.12. The lowest BCUT2D eigenvalue weighted by Crippen LogP contribution is -2.48. The molecule has 1 saturated heterocycles. The molecule has 0 aliphatic carbocycles. The Bertz CT molecular complexity index is 767. The van der Waals surface area contributed by atoms with Gasteiger partial charge in [-0.15, -0.1) is 12.4 Å². The minimum Gasteiger partial charge on any atom is -0.497 e. The molecule has 7 heteroatoms. The van der Waals surface area contributed by atoms with E-state index in [0.29, 0.717) is 23.8 Å². The number of rotatable bonds is 5. The predicted molar refractivity (Wildman–Crippen MR) is 94.3 cm³/mol. The van der Waals surface area contributed by atoms with Crippen molar-refractivity contribution in [1.29, 1.82) is 0 Å². The highest BCUT2D eigenvalue weighted by atomic mass is 35.5. The van der Waals surface area contributed by atoms with Gasteiger partial charge < -0.3 is 15.4 Å². The minimum atomic E-state index is -0.674. The molecule has 2 N–H and O–H groups in total. The van der Waals surface area contributed by atoms with Crippen LogP contribution in [0.1, 0.15) is 10.4 Å². The zero-order valence-corrected chi connectivity index (χ0v) is 14.5. The predicted octanol–water partition coefficient (Wildman–Crippen LogP) is 3.01. The highest BCUT2D eigenvalue weighted by Gasteiger charge is 2.19. The van der Waals surface area contributed by atoms with Gasteiger partial charge in [-0.2, -0.15) is 0 Å². The van der Waals surface area contributed by atoms with E-state index in [4.69, 9.17) is 4.74 Å². The van der Waals surface area contributed by atoms with Crippen molar-refractivity contribution in [1.82, 2.24) is 10.6 Å². The van der Waals surface area contributed by atoms with Crippen LogP contribution in [0.15, 0.2) is 36.4 Å². The number of hydrogen-bond acceptors (Lipinski definition) is 3. The third-order valence-corrected chi connectivity index (χ3v) is 4.12. The normalized spacial score (nSPS) is 13.6. The van der Waals surface area contributed by atoms with Crippen molar-refractivity contribution in [2.45, 2.75) is 0 Å². The lowest BCUT2D eigenvalue weighted by atomic mass is 10.0. The molecule has 1 fully saturated rings. The summed E-state index contributed by atoms with van der Waals surface area (Å²) in [5.74, 6) is -0.862. The molecular weight excluding hydrogens is 350 g/mol. The fraction of sp³-hybridized carbons (Fsp3) is 0.278. The average Bonchev–Trinajstić information content (AvgIpc) is 2.53. The van der Waals surface area contributed by atoms with Gasteiger partial charge >= 0.3 is 0 Å². The number of amides is 1. The molecule has 1 amide bonds. The third kappa shape index (κ3) is 4.27. The molecule has 1 aliphatic heterocycles. The summed E-state index contributed by atoms with van der Waals surface area (Å²) in [4.78, 5) is 12.0. The second-order valence-electron chi connectivity index (χ2n) is 5.77. The number of hydrogen-bond donors (Lipinski definition) is 2. The van der Waals surface area contributed by atoms with Crippen molar-refractivity contribution in [2.24, 2.45) is 5.92 Å². The molecule has 0 unspecified atom stereocenters. The molecule has 0 saturated carbocycles. The van der Waals surface area contributed by atoms with Crippen LogP contribution in [0.2, 0.25) is 0 Å². The minimum absolute atomic E-state index is 0. The van der Waals surface area contributed by atoms with Gasteiger partial charge in [-0.05, 0) is 29.8 Å². The van der Waals surface area contributed by atoms with E-state index in [1.54, 1.807) is 6.07 Å². The first-order chi connectivity index (χ1) is 11.6. The first-order valence-corrected chi connectivity index (χ1v) is 7.71. The monoisotopic (exact) mass is 368 g/mol. The van der Waals surface area contributed by atoms with Crippen LogP contribution in [0.3, 0.4) is 0 Å². The largest absolute Gasteiger partial charge is 0.497 e. The maximum Gasteiger partial charge on any atom is 0.254 e. The molecule has 0 atom stereocenters. The number of carbonyl (C=O) groups excluding carboxylic acids is 1. The van der Waals surface area contributed by atoms with Gasteiger partial charge in [-0.1, -0.05) is 6.07 Å². The van der Waals surface area contributed by atoms with Crippen LogP contribution in [0.4, 0.5) is 8.78 Å². The van der Waals surface area contributed by atoms with E-state index < -0.39 is 17.5 Å². The van der Waals surface area contributed by atoms with Crippen molar-refractivity contribution < 1.29 is 18.3 Å². The molecule has 25 heavy (non-hydrogen) atoms. The zero-order chi connectivity index (χ0) is 17.1. The lowest BCUT2D eigenvalue weighted by molar-refractivity contribution is 0.0938. The molecule has 2 aromatic carbocycles. The number of nitrogens with one attached hydrogen (secondary N) is 2. The van der Waals surface area contributed by atoms with Gasteiger partial charge in [-0.25, -0.2) is 8.78 Å². The summed E-state index contributed by atoms with van der Waals surface area (Å²) < 4.78 is 33.3. The van der Waals surface area contributed by atoms with Gasteiger partial charge in [0.25, 0.3) is 5.91 Å². The highest BCUT2D eigenvalue weighted by Crippen LogP contribution is 2.27. The smallest absolute Gasteiger partial charge is 0.254 e. The second-order valence-corrected chi connectivity index (χ2v) is 5.77. The number of halogens is 3. The quantitative estimate of drug-likeness (QED) is 0.853. The Morgan fingerprint density at radius 2 is 1.96 bits per heavy atom. The van der Waals surface area contributed by atoms with Crippen LogP contribution in [0.5, 0.6) is 5.75 Å². The second kappa shape index (κ2) is 8.27. The van der Waals surface area contributed by atoms with Gasteiger partial charge in [0.05, 0.1) is 12.7 Å². The maximum atomic E-state index is 14.3. The summed E-state index contributed by atoms with van der Waals surface area (Å²) in [6.45, 7) is 2.23. The molecule has 0 bridgehead atoms. The van der Waals surface area contributed by atoms with E-state index in [1.165, 1.54) is 37.4 Å². The zero-order valence-electron chi connectivity index (χ0n) is 13.6. The van der Waals surface area contributed by atoms with E-state index in [2.05, 4.69) is 10.6 Å². The van der Waals surface area contributed by atoms with Crippen LogP contribution < -0.4 is 15.4 Å². The van der Waals surface area contributed by atoms with Crippen LogP contribution in [0, 0.1) is 17.6 Å². The van der Waals surface area contributed by atoms with Gasteiger partial charge in [0, 0.05) is 37.2 Å². The van der Waals surface area contributed by atoms with E-state index >= 15 is 0 Å². The Labute approximate surface area is 151 Å². The summed E-state index contributed by atoms with van der Waals surface area (Å²) in [6, 6.07) is 8.44. The first-order valence-electron chi connectivity index (χ1n) is 7.71. The van der Waals surface area contributed by atoms with E-state index in [0.717, 1.165) is 13.1 Å². The topological polar surface area (TPSA) is 50.4 Å². The summed E-state index contributed by atoms with van der Waals surface area (Å²) in [6.07, 6.45) is 0. The fourth-order valence-corrected chi connectivity index (χ4v) is 2.55. The Hall–Kier alpha value is -2.18.